The number of rotatable bonds is 4. The van der Waals surface area contributed by atoms with Crippen molar-refractivity contribution in [3.8, 4) is 0 Å². The van der Waals surface area contributed by atoms with Crippen molar-refractivity contribution in [2.45, 2.75) is 30.3 Å². The van der Waals surface area contributed by atoms with Crippen LogP contribution in [-0.4, -0.2) is 37.1 Å². The molecular formula is C21H17N3O6S. The number of nitrogens with one attached hydrogen (secondary N) is 2. The molecular weight excluding hydrogens is 422 g/mol. The van der Waals surface area contributed by atoms with Crippen molar-refractivity contribution in [3.05, 3.63) is 59.9 Å². The van der Waals surface area contributed by atoms with Gasteiger partial charge in [-0.05, 0) is 42.3 Å². The van der Waals surface area contributed by atoms with E-state index in [1.54, 1.807) is 24.3 Å². The van der Waals surface area contributed by atoms with Gasteiger partial charge in [0, 0.05) is 29.6 Å². The molecule has 9 nitrogen and oxygen atoms in total. The van der Waals surface area contributed by atoms with Crippen LogP contribution in [0.3, 0.4) is 0 Å². The standard InChI is InChI=1S/C21H17N3O6S/c25-18-7-6-16(20(26)22-18)24-11-13-10-14(4-5-15(13)21(24)27)23-31(28,29)17-3-1-2-12-8-9-30-19(12)17/h1-5,8-10,16,23H,6-7,11H2,(H,22,25,26). The first-order chi connectivity index (χ1) is 14.8. The molecule has 1 fully saturated rings. The van der Waals surface area contributed by atoms with E-state index < -0.39 is 22.0 Å². The first-order valence-electron chi connectivity index (χ1n) is 9.60. The lowest BCUT2D eigenvalue weighted by Crippen LogP contribution is -2.52. The third-order valence-corrected chi connectivity index (χ3v) is 6.91. The highest BCUT2D eigenvalue weighted by Gasteiger charge is 2.39. The van der Waals surface area contributed by atoms with Gasteiger partial charge >= 0.3 is 0 Å². The predicted octanol–water partition coefficient (Wildman–Crippen LogP) is 1.99. The second kappa shape index (κ2) is 6.95. The minimum absolute atomic E-state index is 0.0109. The Balaban J connectivity index is 1.41. The Morgan fingerprint density at radius 2 is 1.94 bits per heavy atom. The minimum Gasteiger partial charge on any atom is -0.463 e. The topological polar surface area (TPSA) is 126 Å². The highest BCUT2D eigenvalue weighted by molar-refractivity contribution is 7.93. The Labute approximate surface area is 177 Å². The summed E-state index contributed by atoms with van der Waals surface area (Å²) in [5.41, 5.74) is 1.56. The van der Waals surface area contributed by atoms with E-state index in [4.69, 9.17) is 4.42 Å². The van der Waals surface area contributed by atoms with Crippen LogP contribution in [0.1, 0.15) is 28.8 Å². The number of benzene rings is 2. The molecule has 0 aliphatic carbocycles. The monoisotopic (exact) mass is 439 g/mol. The summed E-state index contributed by atoms with van der Waals surface area (Å²) in [4.78, 5) is 37.7. The lowest BCUT2D eigenvalue weighted by atomic mass is 10.0. The maximum absolute atomic E-state index is 12.9. The number of furan rings is 1. The largest absolute Gasteiger partial charge is 0.463 e. The first-order valence-corrected chi connectivity index (χ1v) is 11.1. The molecule has 10 heteroatoms. The number of nitrogens with zero attached hydrogens (tertiary/aromatic N) is 1. The van der Waals surface area contributed by atoms with Gasteiger partial charge in [0.1, 0.15) is 10.9 Å². The van der Waals surface area contributed by atoms with Gasteiger partial charge < -0.3 is 9.32 Å². The number of hydrogen-bond acceptors (Lipinski definition) is 6. The Morgan fingerprint density at radius 3 is 2.74 bits per heavy atom. The second-order valence-electron chi connectivity index (χ2n) is 7.47. The average molecular weight is 439 g/mol. The fourth-order valence-corrected chi connectivity index (χ4v) is 5.24. The fraction of sp³-hybridized carbons (Fsp3) is 0.190. The maximum Gasteiger partial charge on any atom is 0.265 e. The molecule has 0 spiro atoms. The fourth-order valence-electron chi connectivity index (χ4n) is 4.03. The minimum atomic E-state index is -3.93. The summed E-state index contributed by atoms with van der Waals surface area (Å²) in [6.07, 6.45) is 1.85. The summed E-state index contributed by atoms with van der Waals surface area (Å²) in [5.74, 6) is -1.17. The van der Waals surface area contributed by atoms with Gasteiger partial charge in [0.25, 0.3) is 15.9 Å². The lowest BCUT2D eigenvalue weighted by molar-refractivity contribution is -0.136. The van der Waals surface area contributed by atoms with Gasteiger partial charge in [-0.15, -0.1) is 0 Å². The van der Waals surface area contributed by atoms with Gasteiger partial charge in [0.15, 0.2) is 5.58 Å². The summed E-state index contributed by atoms with van der Waals surface area (Å²) in [5, 5.41) is 2.92. The molecule has 158 valence electrons. The average Bonchev–Trinajstić information content (AvgIpc) is 3.32. The van der Waals surface area contributed by atoms with Crippen molar-refractivity contribution in [2.75, 3.05) is 4.72 Å². The van der Waals surface area contributed by atoms with Crippen molar-refractivity contribution in [2.24, 2.45) is 0 Å². The number of piperidine rings is 1. The molecule has 0 bridgehead atoms. The van der Waals surface area contributed by atoms with Gasteiger partial charge in [0.05, 0.1) is 6.26 Å². The summed E-state index contributed by atoms with van der Waals surface area (Å²) in [6, 6.07) is 10.4. The normalized spacial score (nSPS) is 18.9. The zero-order valence-corrected chi connectivity index (χ0v) is 16.9. The summed E-state index contributed by atoms with van der Waals surface area (Å²) in [7, 11) is -3.93. The van der Waals surface area contributed by atoms with Crippen molar-refractivity contribution < 1.29 is 27.2 Å². The van der Waals surface area contributed by atoms with Crippen LogP contribution in [-0.2, 0) is 26.2 Å². The van der Waals surface area contributed by atoms with Gasteiger partial charge in [-0.2, -0.15) is 0 Å². The number of sulfonamides is 1. The van der Waals surface area contributed by atoms with E-state index in [9.17, 15) is 22.8 Å². The van der Waals surface area contributed by atoms with E-state index in [-0.39, 0.29) is 41.7 Å². The number of carbonyl (C=O) groups is 3. The number of fused-ring (bicyclic) bond motifs is 2. The van der Waals surface area contributed by atoms with Gasteiger partial charge in [-0.1, -0.05) is 12.1 Å². The summed E-state index contributed by atoms with van der Waals surface area (Å²) >= 11 is 0. The first kappa shape index (κ1) is 19.3. The summed E-state index contributed by atoms with van der Waals surface area (Å²) in [6.45, 7) is 0.157. The lowest BCUT2D eigenvalue weighted by Gasteiger charge is -2.29. The zero-order chi connectivity index (χ0) is 21.8. The molecule has 2 aromatic carbocycles. The number of anilines is 1. The number of carbonyl (C=O) groups excluding carboxylic acids is 3. The molecule has 1 unspecified atom stereocenters. The van der Waals surface area contributed by atoms with Crippen molar-refractivity contribution >= 4 is 44.4 Å². The molecule has 31 heavy (non-hydrogen) atoms. The highest BCUT2D eigenvalue weighted by atomic mass is 32.2. The Kier molecular flexibility index (Phi) is 4.33. The Hall–Kier alpha value is -3.66. The SMILES string of the molecule is O=C1CCC(N2Cc3cc(NS(=O)(=O)c4cccc5ccoc45)ccc3C2=O)C(=O)N1. The van der Waals surface area contributed by atoms with Crippen LogP contribution in [0.25, 0.3) is 11.0 Å². The molecule has 1 aromatic heterocycles. The predicted molar refractivity (Wildman–Crippen MR) is 110 cm³/mol. The molecule has 3 heterocycles. The Bertz CT molecular complexity index is 1360. The number of hydrogen-bond donors (Lipinski definition) is 2. The molecule has 5 rings (SSSR count). The molecule has 0 saturated carbocycles. The van der Waals surface area contributed by atoms with Gasteiger partial charge in [0.2, 0.25) is 11.8 Å². The summed E-state index contributed by atoms with van der Waals surface area (Å²) < 4.78 is 33.7. The van der Waals surface area contributed by atoms with Crippen LogP contribution < -0.4 is 10.0 Å². The van der Waals surface area contributed by atoms with Crippen LogP contribution in [0.2, 0.25) is 0 Å². The van der Waals surface area contributed by atoms with E-state index in [1.165, 1.54) is 29.4 Å². The van der Waals surface area contributed by atoms with Crippen LogP contribution >= 0.6 is 0 Å². The van der Waals surface area contributed by atoms with Gasteiger partial charge in [-0.3, -0.25) is 24.4 Å². The Morgan fingerprint density at radius 1 is 1.10 bits per heavy atom. The molecule has 2 aliphatic rings. The van der Waals surface area contributed by atoms with Crippen molar-refractivity contribution in [1.29, 1.82) is 0 Å². The van der Waals surface area contributed by atoms with Crippen molar-refractivity contribution in [3.63, 3.8) is 0 Å². The number of imide groups is 1. The van der Waals surface area contributed by atoms with E-state index in [1.807, 2.05) is 0 Å². The van der Waals surface area contributed by atoms with Crippen LogP contribution in [0.5, 0.6) is 0 Å². The molecule has 0 radical (unpaired) electrons. The second-order valence-corrected chi connectivity index (χ2v) is 9.12. The molecule has 2 N–H and O–H groups in total. The number of amides is 3. The van der Waals surface area contributed by atoms with E-state index in [0.29, 0.717) is 22.2 Å². The molecule has 3 amide bonds. The van der Waals surface area contributed by atoms with E-state index >= 15 is 0 Å². The third-order valence-electron chi connectivity index (χ3n) is 5.51. The molecule has 1 atom stereocenters. The van der Waals surface area contributed by atoms with Crippen LogP contribution in [0, 0.1) is 0 Å². The molecule has 3 aromatic rings. The molecule has 1 saturated heterocycles. The third kappa shape index (κ3) is 3.25. The smallest absolute Gasteiger partial charge is 0.265 e. The quantitative estimate of drug-likeness (QED) is 0.599. The van der Waals surface area contributed by atoms with Crippen molar-refractivity contribution in [1.82, 2.24) is 10.2 Å². The van der Waals surface area contributed by atoms with Crippen LogP contribution in [0.15, 0.2) is 58.0 Å². The van der Waals surface area contributed by atoms with E-state index in [0.717, 1.165) is 0 Å². The van der Waals surface area contributed by atoms with Crippen LogP contribution in [0.4, 0.5) is 5.69 Å². The number of para-hydroxylation sites is 1. The van der Waals surface area contributed by atoms with Gasteiger partial charge in [-0.25, -0.2) is 8.42 Å². The zero-order valence-electron chi connectivity index (χ0n) is 16.1. The molecule has 2 aliphatic heterocycles. The maximum atomic E-state index is 12.9. The van der Waals surface area contributed by atoms with E-state index in [2.05, 4.69) is 10.0 Å². The highest BCUT2D eigenvalue weighted by Crippen LogP contribution is 2.31.